The van der Waals surface area contributed by atoms with E-state index in [1.807, 2.05) is 110 Å². The summed E-state index contributed by atoms with van der Waals surface area (Å²) in [6.07, 6.45) is 1.49. The minimum atomic E-state index is -0.980. The predicted molar refractivity (Wildman–Crippen MR) is 182 cm³/mol. The van der Waals surface area contributed by atoms with Crippen LogP contribution in [0.15, 0.2) is 127 Å². The molecule has 0 aliphatic carbocycles. The number of carboxylic acid groups (broad SMARTS) is 1. The van der Waals surface area contributed by atoms with Gasteiger partial charge in [0.2, 0.25) is 12.2 Å². The van der Waals surface area contributed by atoms with Crippen molar-refractivity contribution in [3.8, 4) is 28.3 Å². The van der Waals surface area contributed by atoms with Gasteiger partial charge in [-0.05, 0) is 60.6 Å². The van der Waals surface area contributed by atoms with E-state index in [0.29, 0.717) is 37.1 Å². The molecule has 1 aromatic heterocycles. The molecule has 47 heavy (non-hydrogen) atoms. The number of benzene rings is 4. The van der Waals surface area contributed by atoms with Crippen LogP contribution in [0.1, 0.15) is 54.1 Å². The van der Waals surface area contributed by atoms with Gasteiger partial charge in [-0.15, -0.1) is 0 Å². The van der Waals surface area contributed by atoms with Crippen molar-refractivity contribution in [2.45, 2.75) is 58.0 Å². The Kier molecular flexibility index (Phi) is 11.9. The molecule has 0 aliphatic rings. The molecule has 0 bridgehead atoms. The van der Waals surface area contributed by atoms with Crippen molar-refractivity contribution in [2.24, 2.45) is 0 Å². The lowest BCUT2D eigenvalue weighted by Gasteiger charge is -2.21. The number of esters is 1. The van der Waals surface area contributed by atoms with Gasteiger partial charge in [0, 0.05) is 24.5 Å². The van der Waals surface area contributed by atoms with Gasteiger partial charge in [0.15, 0.2) is 0 Å². The summed E-state index contributed by atoms with van der Waals surface area (Å²) >= 11 is 0. The Morgan fingerprint density at radius 2 is 1.38 bits per heavy atom. The van der Waals surface area contributed by atoms with E-state index in [-0.39, 0.29) is 30.7 Å². The fraction of sp³-hybridized carbons (Fsp3) is 0.225. The number of rotatable bonds is 16. The minimum absolute atomic E-state index is 0.157. The van der Waals surface area contributed by atoms with E-state index in [2.05, 4.69) is 0 Å². The second kappa shape index (κ2) is 16.9. The van der Waals surface area contributed by atoms with Crippen molar-refractivity contribution >= 4 is 11.9 Å². The molecule has 4 aromatic carbocycles. The molecule has 0 radical (unpaired) electrons. The number of hydrogen-bond donors (Lipinski definition) is 1. The summed E-state index contributed by atoms with van der Waals surface area (Å²) in [6.45, 7) is 2.14. The van der Waals surface area contributed by atoms with Crippen LogP contribution < -0.4 is 4.74 Å². The number of ether oxygens (including phenoxy) is 3. The summed E-state index contributed by atoms with van der Waals surface area (Å²) in [5.41, 5.74) is 5.56. The number of aryl methyl sites for hydroxylation is 1. The minimum Gasteiger partial charge on any atom is -0.478 e. The van der Waals surface area contributed by atoms with E-state index in [0.717, 1.165) is 27.9 Å². The second-order valence-corrected chi connectivity index (χ2v) is 11.3. The maximum Gasteiger partial charge on any atom is 0.336 e. The second-order valence-electron chi connectivity index (χ2n) is 11.3. The number of carboxylic acids is 1. The van der Waals surface area contributed by atoms with Crippen LogP contribution >= 0.6 is 0 Å². The zero-order chi connectivity index (χ0) is 32.8. The van der Waals surface area contributed by atoms with Crippen molar-refractivity contribution in [1.29, 1.82) is 0 Å². The van der Waals surface area contributed by atoms with Gasteiger partial charge in [0.05, 0.1) is 24.0 Å². The molecule has 5 aromatic rings. The number of carbonyl (C=O) groups is 2. The Morgan fingerprint density at radius 3 is 2.09 bits per heavy atom. The Bertz CT molecular complexity index is 1670. The van der Waals surface area contributed by atoms with E-state index in [1.54, 1.807) is 24.3 Å². The Labute approximate surface area is 275 Å². The molecule has 240 valence electrons. The lowest BCUT2D eigenvalue weighted by Crippen LogP contribution is -2.25. The third-order valence-electron chi connectivity index (χ3n) is 7.78. The summed E-state index contributed by atoms with van der Waals surface area (Å²) in [7, 11) is 0. The summed E-state index contributed by atoms with van der Waals surface area (Å²) < 4.78 is 18.3. The average Bonchev–Trinajstić information content (AvgIpc) is 3.11. The predicted octanol–water partition coefficient (Wildman–Crippen LogP) is 8.77. The first-order chi connectivity index (χ1) is 22.9. The van der Waals surface area contributed by atoms with Gasteiger partial charge in [-0.3, -0.25) is 4.79 Å². The van der Waals surface area contributed by atoms with Gasteiger partial charge in [-0.2, -0.15) is 0 Å². The van der Waals surface area contributed by atoms with E-state index in [4.69, 9.17) is 19.2 Å². The number of hydrogen-bond acceptors (Lipinski definition) is 6. The standard InChI is InChI=1S/C40H39NO6/c1-29(45-28-33-21-11-12-22-35(33)40(43)44)14-13-23-39(47-38(42)25-24-30-15-5-2-6-16-30)46-37-27-34(31-17-7-3-8-18-31)26-36(41-37)32-19-9-4-10-20-32/h2-12,15-22,26-27,29,39H,13-14,23-25,28H2,1H3,(H,43,44). The summed E-state index contributed by atoms with van der Waals surface area (Å²) in [4.78, 5) is 29.4. The molecule has 2 unspecified atom stereocenters. The first-order valence-electron chi connectivity index (χ1n) is 15.9. The van der Waals surface area contributed by atoms with Crippen LogP contribution in [0.2, 0.25) is 0 Å². The highest BCUT2D eigenvalue weighted by molar-refractivity contribution is 5.89. The van der Waals surface area contributed by atoms with E-state index in [1.165, 1.54) is 0 Å². The molecule has 7 heteroatoms. The molecule has 1 N–H and O–H groups in total. The molecule has 1 heterocycles. The van der Waals surface area contributed by atoms with Crippen LogP contribution in [0, 0.1) is 0 Å². The van der Waals surface area contributed by atoms with Crippen LogP contribution in [0.25, 0.3) is 22.4 Å². The normalized spacial score (nSPS) is 12.2. The van der Waals surface area contributed by atoms with Gasteiger partial charge in [0.25, 0.3) is 0 Å². The Hall–Kier alpha value is -5.27. The quantitative estimate of drug-likeness (QED) is 0.0861. The molecule has 7 nitrogen and oxygen atoms in total. The van der Waals surface area contributed by atoms with Crippen molar-refractivity contribution in [1.82, 2.24) is 4.98 Å². The molecule has 2 atom stereocenters. The first-order valence-corrected chi connectivity index (χ1v) is 15.9. The fourth-order valence-electron chi connectivity index (χ4n) is 5.24. The Balaban J connectivity index is 1.29. The van der Waals surface area contributed by atoms with Crippen molar-refractivity contribution < 1.29 is 28.9 Å². The fourth-order valence-corrected chi connectivity index (χ4v) is 5.24. The molecule has 0 saturated carbocycles. The number of nitrogens with zero attached hydrogens (tertiary/aromatic N) is 1. The summed E-state index contributed by atoms with van der Waals surface area (Å²) in [5, 5.41) is 9.48. The van der Waals surface area contributed by atoms with Gasteiger partial charge >= 0.3 is 11.9 Å². The molecule has 0 aliphatic heterocycles. The number of aromatic nitrogens is 1. The van der Waals surface area contributed by atoms with E-state index >= 15 is 0 Å². The van der Waals surface area contributed by atoms with Crippen LogP contribution in [0.5, 0.6) is 5.88 Å². The van der Waals surface area contributed by atoms with Gasteiger partial charge in [0.1, 0.15) is 0 Å². The van der Waals surface area contributed by atoms with Crippen LogP contribution in [-0.4, -0.2) is 34.4 Å². The van der Waals surface area contributed by atoms with Crippen molar-refractivity contribution in [2.75, 3.05) is 0 Å². The maximum absolute atomic E-state index is 13.0. The van der Waals surface area contributed by atoms with Gasteiger partial charge in [-0.25, -0.2) is 9.78 Å². The summed E-state index contributed by atoms with van der Waals surface area (Å²) in [5.74, 6) is -0.970. The zero-order valence-electron chi connectivity index (χ0n) is 26.5. The largest absolute Gasteiger partial charge is 0.478 e. The zero-order valence-corrected chi connectivity index (χ0v) is 26.5. The highest BCUT2D eigenvalue weighted by Gasteiger charge is 2.20. The van der Waals surface area contributed by atoms with Crippen LogP contribution in [0.4, 0.5) is 0 Å². The molecular weight excluding hydrogens is 590 g/mol. The SMILES string of the molecule is CC(CCCC(OC(=O)CCc1ccccc1)Oc1cc(-c2ccccc2)cc(-c2ccccc2)n1)OCc1ccccc1C(=O)O. The molecule has 0 spiro atoms. The lowest BCUT2D eigenvalue weighted by atomic mass is 10.0. The van der Waals surface area contributed by atoms with Crippen molar-refractivity contribution in [3.63, 3.8) is 0 Å². The number of carbonyl (C=O) groups excluding carboxylic acids is 1. The Morgan fingerprint density at radius 1 is 0.745 bits per heavy atom. The lowest BCUT2D eigenvalue weighted by molar-refractivity contribution is -0.165. The summed E-state index contributed by atoms with van der Waals surface area (Å²) in [6, 6.07) is 40.5. The highest BCUT2D eigenvalue weighted by atomic mass is 16.7. The molecular formula is C40H39NO6. The third-order valence-corrected chi connectivity index (χ3v) is 7.78. The molecule has 0 amide bonds. The van der Waals surface area contributed by atoms with Crippen LogP contribution in [0.3, 0.4) is 0 Å². The van der Waals surface area contributed by atoms with Crippen molar-refractivity contribution in [3.05, 3.63) is 144 Å². The molecule has 5 rings (SSSR count). The topological polar surface area (TPSA) is 95.0 Å². The average molecular weight is 630 g/mol. The van der Waals surface area contributed by atoms with Crippen LogP contribution in [-0.2, 0) is 27.3 Å². The first kappa shape index (κ1) is 33.1. The maximum atomic E-state index is 13.0. The number of aromatic carboxylic acids is 1. The van der Waals surface area contributed by atoms with E-state index in [9.17, 15) is 14.7 Å². The third kappa shape index (κ3) is 10.1. The van der Waals surface area contributed by atoms with Gasteiger partial charge < -0.3 is 19.3 Å². The molecule has 0 fully saturated rings. The van der Waals surface area contributed by atoms with Gasteiger partial charge in [-0.1, -0.05) is 109 Å². The highest BCUT2D eigenvalue weighted by Crippen LogP contribution is 2.30. The molecule has 0 saturated heterocycles. The smallest absolute Gasteiger partial charge is 0.336 e. The van der Waals surface area contributed by atoms with E-state index < -0.39 is 12.3 Å². The monoisotopic (exact) mass is 629 g/mol. The number of pyridine rings is 1.